The SMILES string of the molecule is O=C(OC1CCNCC1)C(O)c1ccccc1C1CCCC1. The molecule has 1 saturated carbocycles. The highest BCUT2D eigenvalue weighted by Crippen LogP contribution is 2.37. The van der Waals surface area contributed by atoms with E-state index in [1.807, 2.05) is 24.3 Å². The minimum absolute atomic E-state index is 0.0676. The Morgan fingerprint density at radius 2 is 1.82 bits per heavy atom. The van der Waals surface area contributed by atoms with Crippen LogP contribution in [0.5, 0.6) is 0 Å². The molecule has 0 radical (unpaired) electrons. The number of ether oxygens (including phenoxy) is 1. The smallest absolute Gasteiger partial charge is 0.339 e. The molecule has 1 aromatic carbocycles. The highest BCUT2D eigenvalue weighted by atomic mass is 16.6. The minimum Gasteiger partial charge on any atom is -0.460 e. The summed E-state index contributed by atoms with van der Waals surface area (Å²) in [7, 11) is 0. The maximum atomic E-state index is 12.3. The molecule has 2 N–H and O–H groups in total. The highest BCUT2D eigenvalue weighted by Gasteiger charge is 2.28. The van der Waals surface area contributed by atoms with E-state index in [-0.39, 0.29) is 6.10 Å². The molecular weight excluding hydrogens is 278 g/mol. The van der Waals surface area contributed by atoms with Gasteiger partial charge in [0.1, 0.15) is 6.10 Å². The lowest BCUT2D eigenvalue weighted by Gasteiger charge is -2.25. The molecule has 4 nitrogen and oxygen atoms in total. The Balaban J connectivity index is 1.70. The van der Waals surface area contributed by atoms with E-state index in [1.165, 1.54) is 12.8 Å². The lowest BCUT2D eigenvalue weighted by Crippen LogP contribution is -2.35. The maximum Gasteiger partial charge on any atom is 0.339 e. The molecule has 22 heavy (non-hydrogen) atoms. The van der Waals surface area contributed by atoms with Crippen molar-refractivity contribution in [2.45, 2.75) is 56.7 Å². The van der Waals surface area contributed by atoms with Gasteiger partial charge in [-0.25, -0.2) is 4.79 Å². The Labute approximate surface area is 131 Å². The number of piperidine rings is 1. The normalized spacial score (nSPS) is 21.7. The largest absolute Gasteiger partial charge is 0.460 e. The number of benzene rings is 1. The third-order valence-corrected chi connectivity index (χ3v) is 4.88. The summed E-state index contributed by atoms with van der Waals surface area (Å²) in [5.74, 6) is -0.0325. The van der Waals surface area contributed by atoms with Gasteiger partial charge in [0.15, 0.2) is 6.10 Å². The lowest BCUT2D eigenvalue weighted by molar-refractivity contribution is -0.160. The first-order chi connectivity index (χ1) is 10.8. The quantitative estimate of drug-likeness (QED) is 0.840. The van der Waals surface area contributed by atoms with Crippen molar-refractivity contribution in [2.24, 2.45) is 0 Å². The second-order valence-electron chi connectivity index (χ2n) is 6.40. The second-order valence-corrected chi connectivity index (χ2v) is 6.40. The molecule has 1 aliphatic carbocycles. The van der Waals surface area contributed by atoms with Crippen LogP contribution in [0, 0.1) is 0 Å². The minimum atomic E-state index is -1.16. The molecule has 1 saturated heterocycles. The van der Waals surface area contributed by atoms with Crippen LogP contribution in [0.3, 0.4) is 0 Å². The lowest BCUT2D eigenvalue weighted by atomic mass is 9.90. The Bertz CT molecular complexity index is 505. The highest BCUT2D eigenvalue weighted by molar-refractivity contribution is 5.77. The fourth-order valence-electron chi connectivity index (χ4n) is 3.64. The maximum absolute atomic E-state index is 12.3. The number of hydrogen-bond donors (Lipinski definition) is 2. The average molecular weight is 303 g/mol. The summed E-state index contributed by atoms with van der Waals surface area (Å²) in [5, 5.41) is 13.7. The van der Waals surface area contributed by atoms with Crippen LogP contribution in [0.25, 0.3) is 0 Å². The molecule has 3 rings (SSSR count). The fraction of sp³-hybridized carbons (Fsp3) is 0.611. The summed E-state index contributed by atoms with van der Waals surface area (Å²) >= 11 is 0. The number of rotatable bonds is 4. The number of hydrogen-bond acceptors (Lipinski definition) is 4. The molecule has 2 fully saturated rings. The Morgan fingerprint density at radius 3 is 2.55 bits per heavy atom. The molecular formula is C18H25NO3. The van der Waals surface area contributed by atoms with E-state index in [2.05, 4.69) is 5.32 Å². The van der Waals surface area contributed by atoms with Crippen molar-refractivity contribution < 1.29 is 14.6 Å². The first-order valence-corrected chi connectivity index (χ1v) is 8.44. The van der Waals surface area contributed by atoms with Crippen molar-refractivity contribution in [3.63, 3.8) is 0 Å². The second kappa shape index (κ2) is 7.25. The number of nitrogens with one attached hydrogen (secondary N) is 1. The van der Waals surface area contributed by atoms with Gasteiger partial charge in [0, 0.05) is 0 Å². The number of carbonyl (C=O) groups excluding carboxylic acids is 1. The van der Waals surface area contributed by atoms with Crippen LogP contribution in [0.2, 0.25) is 0 Å². The first kappa shape index (κ1) is 15.5. The average Bonchev–Trinajstić information content (AvgIpc) is 3.09. The molecule has 1 heterocycles. The number of carbonyl (C=O) groups is 1. The summed E-state index contributed by atoms with van der Waals surface area (Å²) in [4.78, 5) is 12.3. The van der Waals surface area contributed by atoms with Gasteiger partial charge in [-0.1, -0.05) is 37.1 Å². The number of esters is 1. The van der Waals surface area contributed by atoms with Gasteiger partial charge in [-0.2, -0.15) is 0 Å². The molecule has 1 atom stereocenters. The zero-order chi connectivity index (χ0) is 15.4. The van der Waals surface area contributed by atoms with Gasteiger partial charge in [-0.3, -0.25) is 0 Å². The van der Waals surface area contributed by atoms with Crippen LogP contribution < -0.4 is 5.32 Å². The molecule has 0 aromatic heterocycles. The van der Waals surface area contributed by atoms with Gasteiger partial charge in [0.05, 0.1) is 0 Å². The summed E-state index contributed by atoms with van der Waals surface area (Å²) in [5.41, 5.74) is 1.85. The summed E-state index contributed by atoms with van der Waals surface area (Å²) < 4.78 is 5.50. The van der Waals surface area contributed by atoms with Crippen molar-refractivity contribution in [2.75, 3.05) is 13.1 Å². The van der Waals surface area contributed by atoms with E-state index in [0.717, 1.165) is 49.9 Å². The Kier molecular flexibility index (Phi) is 5.11. The Morgan fingerprint density at radius 1 is 1.14 bits per heavy atom. The predicted octanol–water partition coefficient (Wildman–Crippen LogP) is 2.67. The molecule has 120 valence electrons. The summed E-state index contributed by atoms with van der Waals surface area (Å²) in [6, 6.07) is 7.78. The van der Waals surface area contributed by atoms with E-state index < -0.39 is 12.1 Å². The van der Waals surface area contributed by atoms with Crippen LogP contribution in [0.15, 0.2) is 24.3 Å². The first-order valence-electron chi connectivity index (χ1n) is 8.44. The zero-order valence-corrected chi connectivity index (χ0v) is 13.0. The van der Waals surface area contributed by atoms with Crippen LogP contribution in [0.1, 0.15) is 61.7 Å². The van der Waals surface area contributed by atoms with Crippen LogP contribution >= 0.6 is 0 Å². The van der Waals surface area contributed by atoms with E-state index in [9.17, 15) is 9.90 Å². The van der Waals surface area contributed by atoms with Crippen LogP contribution in [-0.2, 0) is 9.53 Å². The van der Waals surface area contributed by atoms with Crippen molar-refractivity contribution in [3.8, 4) is 0 Å². The van der Waals surface area contributed by atoms with Gasteiger partial charge in [-0.15, -0.1) is 0 Å². The fourth-order valence-corrected chi connectivity index (χ4v) is 3.64. The van der Waals surface area contributed by atoms with E-state index in [4.69, 9.17) is 4.74 Å². The van der Waals surface area contributed by atoms with Gasteiger partial charge in [0.25, 0.3) is 0 Å². The standard InChI is InChI=1S/C18H25NO3/c20-17(18(21)22-14-9-11-19-12-10-14)16-8-4-3-7-15(16)13-5-1-2-6-13/h3-4,7-8,13-14,17,19-20H,1-2,5-6,9-12H2. The van der Waals surface area contributed by atoms with Gasteiger partial charge >= 0.3 is 5.97 Å². The Hall–Kier alpha value is -1.39. The van der Waals surface area contributed by atoms with Crippen molar-refractivity contribution in [3.05, 3.63) is 35.4 Å². The summed E-state index contributed by atoms with van der Waals surface area (Å²) in [6.07, 6.45) is 5.17. The molecule has 1 unspecified atom stereocenters. The van der Waals surface area contributed by atoms with Crippen LogP contribution in [-0.4, -0.2) is 30.3 Å². The zero-order valence-electron chi connectivity index (χ0n) is 13.0. The van der Waals surface area contributed by atoms with E-state index >= 15 is 0 Å². The predicted molar refractivity (Wildman–Crippen MR) is 84.6 cm³/mol. The molecule has 1 aliphatic heterocycles. The van der Waals surface area contributed by atoms with E-state index in [0.29, 0.717) is 5.92 Å². The molecule has 0 bridgehead atoms. The van der Waals surface area contributed by atoms with Crippen LogP contribution in [0.4, 0.5) is 0 Å². The van der Waals surface area contributed by atoms with Gasteiger partial charge < -0.3 is 15.2 Å². The van der Waals surface area contributed by atoms with Gasteiger partial charge in [-0.05, 0) is 55.8 Å². The molecule has 0 amide bonds. The third-order valence-electron chi connectivity index (χ3n) is 4.88. The topological polar surface area (TPSA) is 58.6 Å². The number of aliphatic hydroxyl groups is 1. The van der Waals surface area contributed by atoms with Crippen molar-refractivity contribution in [1.29, 1.82) is 0 Å². The third kappa shape index (κ3) is 3.50. The molecule has 0 spiro atoms. The van der Waals surface area contributed by atoms with Gasteiger partial charge in [0.2, 0.25) is 0 Å². The monoisotopic (exact) mass is 303 g/mol. The number of aliphatic hydroxyl groups excluding tert-OH is 1. The molecule has 4 heteroatoms. The summed E-state index contributed by atoms with van der Waals surface area (Å²) in [6.45, 7) is 1.74. The van der Waals surface area contributed by atoms with Crippen molar-refractivity contribution in [1.82, 2.24) is 5.32 Å². The molecule has 2 aliphatic rings. The molecule has 1 aromatic rings. The van der Waals surface area contributed by atoms with Crippen molar-refractivity contribution >= 4 is 5.97 Å². The van der Waals surface area contributed by atoms with E-state index in [1.54, 1.807) is 0 Å².